The molecule has 0 radical (unpaired) electrons. The summed E-state index contributed by atoms with van der Waals surface area (Å²) < 4.78 is 2.83. The Morgan fingerprint density at radius 1 is 0.244 bits per heavy atom. The Balaban J connectivity index is 0.000000157. The predicted octanol–water partition coefficient (Wildman–Crippen LogP) is 21.5. The first-order valence-electron chi connectivity index (χ1n) is 26.3. The Labute approximate surface area is 536 Å². The summed E-state index contributed by atoms with van der Waals surface area (Å²) in [6, 6.07) is 119. The molecule has 0 aliphatic carbocycles. The minimum atomic E-state index is 0. The monoisotopic (exact) mass is 1290 g/mol. The van der Waals surface area contributed by atoms with Crippen molar-refractivity contribution in [1.29, 1.82) is 0 Å². The quantitative estimate of drug-likeness (QED) is 0.151. The van der Waals surface area contributed by atoms with Gasteiger partial charge >= 0.3 is 198 Å². The second kappa shape index (κ2) is 33.2. The van der Waals surface area contributed by atoms with Crippen molar-refractivity contribution in [3.63, 3.8) is 0 Å². The molecule has 0 unspecified atom stereocenters. The molecule has 0 aliphatic rings. The average molecular weight is 1300 g/mol. The van der Waals surface area contributed by atoms with E-state index >= 15 is 0 Å². The van der Waals surface area contributed by atoms with Crippen LogP contribution in [-0.2, 0) is 48.5 Å². The van der Waals surface area contributed by atoms with Crippen molar-refractivity contribution in [1.82, 2.24) is 0 Å². The average Bonchev–Trinajstić information content (AvgIpc) is 4.37. The Morgan fingerprint density at radius 2 is 0.524 bits per heavy atom. The van der Waals surface area contributed by atoms with Gasteiger partial charge in [0.15, 0.2) is 0 Å². The van der Waals surface area contributed by atoms with Crippen molar-refractivity contribution in [2.45, 2.75) is 0 Å². The van der Waals surface area contributed by atoms with E-state index in [2.05, 4.69) is 334 Å². The Hall–Kier alpha value is -6.95. The van der Waals surface area contributed by atoms with Gasteiger partial charge in [-0.25, -0.2) is 0 Å². The van der Waals surface area contributed by atoms with Gasteiger partial charge in [-0.2, -0.15) is 17.5 Å². The summed E-state index contributed by atoms with van der Waals surface area (Å²) in [5, 5.41) is 16.1. The van der Waals surface area contributed by atoms with Crippen LogP contribution < -0.4 is 0 Å². The largest absolute Gasteiger partial charge is 0.168 e. The minimum absolute atomic E-state index is 0. The third-order valence-corrected chi connectivity index (χ3v) is 16.4. The molecule has 0 atom stereocenters. The third kappa shape index (κ3) is 17.1. The molecule has 0 heterocycles. The predicted molar refractivity (Wildman–Crippen MR) is 360 cm³/mol. The van der Waals surface area contributed by atoms with Crippen LogP contribution in [0.2, 0.25) is 0 Å². The van der Waals surface area contributed by atoms with Crippen molar-refractivity contribution >= 4 is 121 Å². The molecule has 6 heteroatoms. The summed E-state index contributed by atoms with van der Waals surface area (Å²) in [6.45, 7) is 0. The first-order chi connectivity index (χ1) is 38.6. The van der Waals surface area contributed by atoms with E-state index in [1.54, 1.807) is 0 Å². The summed E-state index contributed by atoms with van der Waals surface area (Å²) in [5.41, 5.74) is 7.91. The molecule has 0 nitrogen and oxygen atoms in total. The van der Waals surface area contributed by atoms with Crippen LogP contribution in [0.15, 0.2) is 340 Å². The SMILES string of the molecule is Cl.Cl.Cl.Cl.[Zr+2]=[C](c1ccccc1)c1ccccc1.[Zr+2]=[C](c1ccccc1)c1ccccc1.c1ccc(-c2cc3ccccc3[cH-]2)cc1.c1ccc2[cH-]ccc2c1.c1ccc2c(c1)[cH-]c1ccccc12.c1ccc2c(c1)[cH-]c1ccccc12. The van der Waals surface area contributed by atoms with Crippen LogP contribution in [0, 0.1) is 0 Å². The van der Waals surface area contributed by atoms with E-state index in [1.807, 2.05) is 6.07 Å². The molecule has 0 saturated heterocycles. The standard InChI is InChI=1S/C15H11.2C13H9.2C13H10.C9H7.4ClH.2Zr/c1-2-6-12(7-3-1)15-10-13-8-4-5-9-14(13)11-15;2*1-3-7-12-10(5-1)9-11-6-2-4-8-13(11)12;2*1-3-7-12(8-4-1)11-13-9-5-2-6-10-13;1-2-5-9-7-3-6-8(9)4-1;;;;;;/h1-11H;2*1-9H;2*1-10H;1-7H;4*1H;;/q3*-1;;;-1;;;;;2*+2. The van der Waals surface area contributed by atoms with E-state index in [-0.39, 0.29) is 49.6 Å². The van der Waals surface area contributed by atoms with Gasteiger partial charge in [-0.3, -0.25) is 0 Å². The molecule has 0 bridgehead atoms. The first kappa shape index (κ1) is 64.2. The van der Waals surface area contributed by atoms with E-state index in [1.165, 1.54) is 153 Å². The number of fused-ring (bicyclic) bond motifs is 8. The molecule has 0 saturated carbocycles. The Kier molecular flexibility index (Phi) is 26.0. The smallest absolute Gasteiger partial charge is 0.0635 e. The van der Waals surface area contributed by atoms with Gasteiger partial charge in [0.25, 0.3) is 0 Å². The van der Waals surface area contributed by atoms with Crippen molar-refractivity contribution in [3.05, 3.63) is 362 Å². The molecular formula is C76H60Cl4Zr2. The number of rotatable bonds is 5. The van der Waals surface area contributed by atoms with E-state index < -0.39 is 0 Å². The second-order valence-corrected chi connectivity index (χ2v) is 21.2. The summed E-state index contributed by atoms with van der Waals surface area (Å²) in [6.07, 6.45) is 0. The van der Waals surface area contributed by atoms with E-state index in [9.17, 15) is 0 Å². The van der Waals surface area contributed by atoms with Crippen molar-refractivity contribution in [2.24, 2.45) is 0 Å². The van der Waals surface area contributed by atoms with Crippen LogP contribution in [0.1, 0.15) is 22.3 Å². The molecule has 0 amide bonds. The molecule has 0 aliphatic heterocycles. The maximum absolute atomic E-state index is 2.24. The van der Waals surface area contributed by atoms with Crippen molar-refractivity contribution < 1.29 is 48.5 Å². The van der Waals surface area contributed by atoms with Gasteiger partial charge < -0.3 is 0 Å². The first-order valence-corrected chi connectivity index (χ1v) is 28.8. The zero-order valence-electron chi connectivity index (χ0n) is 45.0. The van der Waals surface area contributed by atoms with Crippen molar-refractivity contribution in [3.8, 4) is 11.1 Å². The van der Waals surface area contributed by atoms with Crippen molar-refractivity contribution in [2.75, 3.05) is 0 Å². The van der Waals surface area contributed by atoms with Gasteiger partial charge in [-0.1, -0.05) is 133 Å². The van der Waals surface area contributed by atoms with Crippen LogP contribution in [0.5, 0.6) is 0 Å². The fraction of sp³-hybridized carbons (Fsp3) is 0. The molecular weight excluding hydrogens is 1240 g/mol. The summed E-state index contributed by atoms with van der Waals surface area (Å²) in [4.78, 5) is 0. The number of hydrogen-bond donors (Lipinski definition) is 0. The molecule has 0 N–H and O–H groups in total. The van der Waals surface area contributed by atoms with Crippen LogP contribution in [0.25, 0.3) is 75.8 Å². The maximum atomic E-state index is 2.24. The molecule has 0 aromatic heterocycles. The second-order valence-electron chi connectivity index (χ2n) is 18.7. The minimum Gasteiger partial charge on any atom is -0.168 e. The van der Waals surface area contributed by atoms with Gasteiger partial charge in [0.1, 0.15) is 0 Å². The summed E-state index contributed by atoms with van der Waals surface area (Å²) >= 11 is 2.92. The topological polar surface area (TPSA) is 0 Å². The van der Waals surface area contributed by atoms with Gasteiger partial charge in [0, 0.05) is 0 Å². The number of halogens is 4. The molecule has 15 aromatic rings. The van der Waals surface area contributed by atoms with Gasteiger partial charge in [-0.05, 0) is 0 Å². The van der Waals surface area contributed by atoms with Crippen LogP contribution >= 0.6 is 49.6 Å². The molecule has 0 fully saturated rings. The van der Waals surface area contributed by atoms with Crippen LogP contribution in [0.3, 0.4) is 0 Å². The number of hydrogen-bond acceptors (Lipinski definition) is 0. The third-order valence-electron chi connectivity index (χ3n) is 13.6. The van der Waals surface area contributed by atoms with Crippen LogP contribution in [0.4, 0.5) is 0 Å². The van der Waals surface area contributed by atoms with E-state index in [4.69, 9.17) is 0 Å². The molecule has 0 spiro atoms. The summed E-state index contributed by atoms with van der Waals surface area (Å²) in [5.74, 6) is 0. The zero-order valence-corrected chi connectivity index (χ0v) is 53.1. The van der Waals surface area contributed by atoms with Gasteiger partial charge in [-0.15, -0.1) is 193 Å². The molecule has 15 rings (SSSR count). The van der Waals surface area contributed by atoms with Gasteiger partial charge in [0.2, 0.25) is 0 Å². The normalized spacial score (nSPS) is 9.95. The molecule has 15 aromatic carbocycles. The zero-order chi connectivity index (χ0) is 53.1. The fourth-order valence-electron chi connectivity index (χ4n) is 9.58. The van der Waals surface area contributed by atoms with Gasteiger partial charge in [0.05, 0.1) is 0 Å². The molecule has 400 valence electrons. The Bertz CT molecular complexity index is 3850. The van der Waals surface area contributed by atoms with Crippen LogP contribution in [-0.4, -0.2) is 6.41 Å². The maximum Gasteiger partial charge on any atom is -0.0635 e. The Morgan fingerprint density at radius 3 is 0.866 bits per heavy atom. The fourth-order valence-corrected chi connectivity index (χ4v) is 11.2. The number of benzene rings is 11. The van der Waals surface area contributed by atoms with E-state index in [0.717, 1.165) is 0 Å². The molecule has 82 heavy (non-hydrogen) atoms. The summed E-state index contributed by atoms with van der Waals surface area (Å²) in [7, 11) is 0. The van der Waals surface area contributed by atoms with E-state index in [0.29, 0.717) is 0 Å².